The van der Waals surface area contributed by atoms with E-state index in [1.165, 1.54) is 18.9 Å². The van der Waals surface area contributed by atoms with E-state index in [0.29, 0.717) is 17.5 Å². The SMILES string of the molecule is NS(=O)(=O)c1c(C(F)(F)F)ccc(C2CCC(CCC3CCCN3)CC2)c1-c1nn[nH]n1. The molecule has 2 fully saturated rings. The van der Waals surface area contributed by atoms with Gasteiger partial charge in [-0.25, -0.2) is 13.6 Å². The van der Waals surface area contributed by atoms with Gasteiger partial charge >= 0.3 is 6.18 Å². The average Bonchev–Trinajstić information content (AvgIpc) is 3.44. The van der Waals surface area contributed by atoms with Crippen LogP contribution in [0.25, 0.3) is 11.4 Å². The van der Waals surface area contributed by atoms with E-state index in [9.17, 15) is 21.6 Å². The number of nitrogens with zero attached hydrogens (tertiary/aromatic N) is 3. The number of nitrogens with one attached hydrogen (secondary N) is 2. The van der Waals surface area contributed by atoms with Gasteiger partial charge in [0.05, 0.1) is 5.56 Å². The summed E-state index contributed by atoms with van der Waals surface area (Å²) in [5, 5.41) is 21.9. The second kappa shape index (κ2) is 9.06. The fraction of sp³-hybridized carbons (Fsp3) is 0.650. The highest BCUT2D eigenvalue weighted by Gasteiger charge is 2.40. The van der Waals surface area contributed by atoms with Crippen LogP contribution in [0.15, 0.2) is 17.0 Å². The van der Waals surface area contributed by atoms with Crippen molar-refractivity contribution in [2.24, 2.45) is 11.1 Å². The van der Waals surface area contributed by atoms with Crippen LogP contribution in [0.2, 0.25) is 0 Å². The molecule has 1 saturated carbocycles. The van der Waals surface area contributed by atoms with Crippen LogP contribution in [-0.4, -0.2) is 41.6 Å². The zero-order chi connectivity index (χ0) is 22.9. The minimum absolute atomic E-state index is 0.105. The fourth-order valence-corrected chi connectivity index (χ4v) is 6.14. The Morgan fingerprint density at radius 2 is 1.84 bits per heavy atom. The van der Waals surface area contributed by atoms with Crippen LogP contribution >= 0.6 is 0 Å². The highest BCUT2D eigenvalue weighted by Crippen LogP contribution is 2.45. The first-order chi connectivity index (χ1) is 15.1. The number of sulfonamides is 1. The Balaban J connectivity index is 1.63. The average molecular weight is 473 g/mol. The molecule has 1 aromatic heterocycles. The first kappa shape index (κ1) is 23.1. The predicted octanol–water partition coefficient (Wildman–Crippen LogP) is 3.34. The van der Waals surface area contributed by atoms with Crippen molar-refractivity contribution >= 4 is 10.0 Å². The van der Waals surface area contributed by atoms with E-state index in [0.717, 1.165) is 51.1 Å². The maximum absolute atomic E-state index is 13.6. The quantitative estimate of drug-likeness (QED) is 0.592. The van der Waals surface area contributed by atoms with Crippen molar-refractivity contribution in [3.05, 3.63) is 23.3 Å². The van der Waals surface area contributed by atoms with E-state index in [1.807, 2.05) is 0 Å². The summed E-state index contributed by atoms with van der Waals surface area (Å²) in [5.74, 6) is 0.256. The molecular formula is C20H27F3N6O2S. The Hall–Kier alpha value is -2.05. The number of H-pyrrole nitrogens is 1. The van der Waals surface area contributed by atoms with Crippen molar-refractivity contribution in [2.75, 3.05) is 6.54 Å². The summed E-state index contributed by atoms with van der Waals surface area (Å²) in [6, 6.07) is 2.73. The normalized spacial score (nSPS) is 24.7. The maximum atomic E-state index is 13.6. The number of benzene rings is 1. The molecule has 2 aliphatic rings. The summed E-state index contributed by atoms with van der Waals surface area (Å²) in [4.78, 5) is -0.988. The number of hydrogen-bond donors (Lipinski definition) is 3. The molecule has 2 aromatic rings. The Morgan fingerprint density at radius 3 is 2.41 bits per heavy atom. The molecule has 1 atom stereocenters. The second-order valence-electron chi connectivity index (χ2n) is 8.77. The van der Waals surface area contributed by atoms with Crippen LogP contribution in [0.4, 0.5) is 13.2 Å². The van der Waals surface area contributed by atoms with Gasteiger partial charge in [0.2, 0.25) is 15.8 Å². The molecule has 0 radical (unpaired) electrons. The van der Waals surface area contributed by atoms with Crippen LogP contribution < -0.4 is 10.5 Å². The van der Waals surface area contributed by atoms with Gasteiger partial charge in [0.15, 0.2) is 0 Å². The van der Waals surface area contributed by atoms with Crippen LogP contribution in [-0.2, 0) is 16.2 Å². The lowest BCUT2D eigenvalue weighted by molar-refractivity contribution is -0.139. The first-order valence-corrected chi connectivity index (χ1v) is 12.4. The van der Waals surface area contributed by atoms with Crippen LogP contribution in [0.5, 0.6) is 0 Å². The van der Waals surface area contributed by atoms with Crippen molar-refractivity contribution in [1.29, 1.82) is 0 Å². The van der Waals surface area contributed by atoms with Gasteiger partial charge in [-0.2, -0.15) is 18.4 Å². The lowest BCUT2D eigenvalue weighted by atomic mass is 9.75. The smallest absolute Gasteiger partial charge is 0.314 e. The van der Waals surface area contributed by atoms with E-state index in [2.05, 4.69) is 25.9 Å². The van der Waals surface area contributed by atoms with Gasteiger partial charge in [-0.05, 0) is 86.6 Å². The number of rotatable bonds is 6. The highest BCUT2D eigenvalue weighted by molar-refractivity contribution is 7.89. The molecule has 0 amide bonds. The maximum Gasteiger partial charge on any atom is 0.417 e. The number of halogens is 3. The molecule has 176 valence electrons. The lowest BCUT2D eigenvalue weighted by Crippen LogP contribution is -2.24. The molecular weight excluding hydrogens is 445 g/mol. The summed E-state index contributed by atoms with van der Waals surface area (Å²) in [6.45, 7) is 1.08. The van der Waals surface area contributed by atoms with Crippen LogP contribution in [0, 0.1) is 5.92 Å². The summed E-state index contributed by atoms with van der Waals surface area (Å²) < 4.78 is 65.5. The van der Waals surface area contributed by atoms with Crippen molar-refractivity contribution in [2.45, 2.75) is 74.4 Å². The number of nitrogens with two attached hydrogens (primary N) is 1. The molecule has 8 nitrogen and oxygen atoms in total. The number of hydrogen-bond acceptors (Lipinski definition) is 6. The van der Waals surface area contributed by atoms with Crippen molar-refractivity contribution in [1.82, 2.24) is 25.9 Å². The predicted molar refractivity (Wildman–Crippen MR) is 111 cm³/mol. The minimum Gasteiger partial charge on any atom is -0.314 e. The molecule has 2 heterocycles. The van der Waals surface area contributed by atoms with Gasteiger partial charge in [-0.3, -0.25) is 0 Å². The molecule has 1 aliphatic carbocycles. The van der Waals surface area contributed by atoms with E-state index in [4.69, 9.17) is 5.14 Å². The molecule has 32 heavy (non-hydrogen) atoms. The lowest BCUT2D eigenvalue weighted by Gasteiger charge is -2.31. The van der Waals surface area contributed by atoms with Crippen molar-refractivity contribution in [3.63, 3.8) is 0 Å². The first-order valence-electron chi connectivity index (χ1n) is 10.9. The molecule has 4 N–H and O–H groups in total. The Labute approximate surface area is 184 Å². The Bertz CT molecular complexity index is 1030. The number of primary sulfonamides is 1. The third-order valence-electron chi connectivity index (χ3n) is 6.72. The molecule has 1 unspecified atom stereocenters. The number of aromatic amines is 1. The zero-order valence-electron chi connectivity index (χ0n) is 17.5. The van der Waals surface area contributed by atoms with E-state index >= 15 is 0 Å². The number of aromatic nitrogens is 4. The Morgan fingerprint density at radius 1 is 1.09 bits per heavy atom. The van der Waals surface area contributed by atoms with Gasteiger partial charge in [0.1, 0.15) is 4.90 Å². The van der Waals surface area contributed by atoms with E-state index in [1.54, 1.807) is 0 Å². The van der Waals surface area contributed by atoms with Crippen molar-refractivity contribution in [3.8, 4) is 11.4 Å². The van der Waals surface area contributed by atoms with Crippen LogP contribution in [0.1, 0.15) is 68.4 Å². The fourth-order valence-electron chi connectivity index (χ4n) is 5.16. The highest BCUT2D eigenvalue weighted by atomic mass is 32.2. The van der Waals surface area contributed by atoms with Crippen molar-refractivity contribution < 1.29 is 21.6 Å². The largest absolute Gasteiger partial charge is 0.417 e. The third kappa shape index (κ3) is 4.96. The van der Waals surface area contributed by atoms with Gasteiger partial charge in [-0.15, -0.1) is 10.2 Å². The third-order valence-corrected chi connectivity index (χ3v) is 7.71. The molecule has 1 saturated heterocycles. The van der Waals surface area contributed by atoms with E-state index in [-0.39, 0.29) is 17.3 Å². The molecule has 12 heteroatoms. The van der Waals surface area contributed by atoms with Gasteiger partial charge < -0.3 is 5.32 Å². The Kier molecular flexibility index (Phi) is 6.55. The van der Waals surface area contributed by atoms with E-state index < -0.39 is 26.7 Å². The standard InChI is InChI=1S/C20H27F3N6O2S/c21-20(22,23)16-10-9-15(17(18(16)32(24,30)31)19-26-28-29-27-19)13-6-3-12(4-7-13)5-8-14-2-1-11-25-14/h9-10,12-14,25H,1-8,11H2,(H2,24,30,31)(H,26,27,28,29). The number of tetrazole rings is 1. The summed E-state index contributed by atoms with van der Waals surface area (Å²) in [7, 11) is -4.71. The summed E-state index contributed by atoms with van der Waals surface area (Å²) in [5.41, 5.74) is -1.05. The topological polar surface area (TPSA) is 127 Å². The van der Waals surface area contributed by atoms with Gasteiger partial charge in [0.25, 0.3) is 0 Å². The molecule has 1 aliphatic heterocycles. The second-order valence-corrected chi connectivity index (χ2v) is 10.3. The summed E-state index contributed by atoms with van der Waals surface area (Å²) >= 11 is 0. The van der Waals surface area contributed by atoms with Gasteiger partial charge in [-0.1, -0.05) is 6.07 Å². The van der Waals surface area contributed by atoms with Gasteiger partial charge in [0, 0.05) is 11.6 Å². The number of alkyl halides is 3. The molecule has 0 spiro atoms. The zero-order valence-corrected chi connectivity index (χ0v) is 18.3. The van der Waals surface area contributed by atoms with Crippen LogP contribution in [0.3, 0.4) is 0 Å². The molecule has 1 aromatic carbocycles. The molecule has 4 rings (SSSR count). The summed E-state index contributed by atoms with van der Waals surface area (Å²) in [6.07, 6.45) is 3.18. The molecule has 0 bridgehead atoms. The minimum atomic E-state index is -4.90. The monoisotopic (exact) mass is 472 g/mol.